The van der Waals surface area contributed by atoms with Crippen LogP contribution < -0.4 is 10.1 Å². The van der Waals surface area contributed by atoms with Crippen LogP contribution in [0.25, 0.3) is 11.3 Å². The average molecular weight is 532 g/mol. The first kappa shape index (κ1) is 23.1. The third-order valence-corrected chi connectivity index (χ3v) is 5.57. The fourth-order valence-corrected chi connectivity index (χ4v) is 3.83. The van der Waals surface area contributed by atoms with E-state index in [-0.39, 0.29) is 24.0 Å². The van der Waals surface area contributed by atoms with Crippen LogP contribution in [0, 0.1) is 6.92 Å². The molecule has 7 heteroatoms. The highest BCUT2D eigenvalue weighted by Gasteiger charge is 2.26. The lowest BCUT2D eigenvalue weighted by atomic mass is 9.98. The van der Waals surface area contributed by atoms with Gasteiger partial charge in [-0.05, 0) is 31.0 Å². The Morgan fingerprint density at radius 1 is 1.19 bits per heavy atom. The second-order valence-corrected chi connectivity index (χ2v) is 7.59. The van der Waals surface area contributed by atoms with Crippen LogP contribution in [0.15, 0.2) is 64.1 Å². The summed E-state index contributed by atoms with van der Waals surface area (Å²) < 4.78 is 11.2. The molecule has 0 radical (unpaired) electrons. The average Bonchev–Trinajstić information content (AvgIpc) is 3.45. The van der Waals surface area contributed by atoms with E-state index in [0.717, 1.165) is 42.5 Å². The van der Waals surface area contributed by atoms with Crippen molar-refractivity contribution in [3.8, 4) is 17.1 Å². The number of hydrogen-bond donors (Lipinski definition) is 1. The van der Waals surface area contributed by atoms with Gasteiger partial charge < -0.3 is 19.4 Å². The van der Waals surface area contributed by atoms with Crippen molar-refractivity contribution in [2.45, 2.75) is 25.8 Å². The van der Waals surface area contributed by atoms with Crippen LogP contribution in [0.4, 0.5) is 0 Å². The molecule has 0 bridgehead atoms. The lowest BCUT2D eigenvalue weighted by Gasteiger charge is -2.21. The van der Waals surface area contributed by atoms with E-state index >= 15 is 0 Å². The van der Waals surface area contributed by atoms with E-state index in [1.165, 1.54) is 11.1 Å². The minimum atomic E-state index is 0. The maximum absolute atomic E-state index is 5.92. The molecule has 1 atom stereocenters. The number of aryl methyl sites for hydroxylation is 1. The molecule has 1 fully saturated rings. The van der Waals surface area contributed by atoms with Gasteiger partial charge in [-0.3, -0.25) is 4.99 Å². The summed E-state index contributed by atoms with van der Waals surface area (Å²) in [6.07, 6.45) is 2.88. The maximum atomic E-state index is 5.92. The third kappa shape index (κ3) is 5.58. The van der Waals surface area contributed by atoms with Crippen LogP contribution in [-0.4, -0.2) is 43.1 Å². The topological polar surface area (TPSA) is 62.9 Å². The fourth-order valence-electron chi connectivity index (χ4n) is 3.83. The van der Waals surface area contributed by atoms with Crippen LogP contribution in [-0.2, 0) is 6.54 Å². The van der Waals surface area contributed by atoms with Crippen molar-refractivity contribution >= 4 is 29.9 Å². The number of halogens is 1. The zero-order valence-electron chi connectivity index (χ0n) is 18.2. The van der Waals surface area contributed by atoms with Gasteiger partial charge in [-0.2, -0.15) is 0 Å². The predicted octanol–water partition coefficient (Wildman–Crippen LogP) is 4.84. The fraction of sp³-hybridized carbons (Fsp3) is 0.333. The molecule has 1 aliphatic heterocycles. The van der Waals surface area contributed by atoms with Crippen LogP contribution in [0.1, 0.15) is 29.4 Å². The largest absolute Gasteiger partial charge is 0.497 e. The number of nitrogens with one attached hydrogen (secondary N) is 1. The van der Waals surface area contributed by atoms with Crippen LogP contribution in [0.2, 0.25) is 0 Å². The number of oxazole rings is 1. The van der Waals surface area contributed by atoms with Crippen molar-refractivity contribution in [1.82, 2.24) is 15.2 Å². The second-order valence-electron chi connectivity index (χ2n) is 7.59. The molecule has 0 aliphatic carbocycles. The van der Waals surface area contributed by atoms with E-state index in [4.69, 9.17) is 9.15 Å². The number of nitrogens with zero attached hydrogens (tertiary/aromatic N) is 3. The quantitative estimate of drug-likeness (QED) is 0.290. The lowest BCUT2D eigenvalue weighted by molar-refractivity contribution is 0.414. The van der Waals surface area contributed by atoms with E-state index in [2.05, 4.69) is 63.5 Å². The first-order chi connectivity index (χ1) is 14.7. The second kappa shape index (κ2) is 10.7. The molecule has 0 spiro atoms. The summed E-state index contributed by atoms with van der Waals surface area (Å²) >= 11 is 0. The molecule has 1 N–H and O–H groups in total. The SMILES string of the molecule is CN=C(NCc1ncc(-c2ccc(C)cc2)o1)N1CCC(c2ccc(OC)cc2)C1.I. The molecule has 31 heavy (non-hydrogen) atoms. The molecule has 1 aromatic heterocycles. The third-order valence-electron chi connectivity index (χ3n) is 5.57. The van der Waals surface area contributed by atoms with Crippen LogP contribution in [0.5, 0.6) is 5.75 Å². The molecular formula is C24H29IN4O2. The molecule has 4 rings (SSSR count). The molecule has 6 nitrogen and oxygen atoms in total. The smallest absolute Gasteiger partial charge is 0.214 e. The molecular weight excluding hydrogens is 503 g/mol. The number of aliphatic imine (C=N–C) groups is 1. The number of benzene rings is 2. The van der Waals surface area contributed by atoms with Crippen molar-refractivity contribution in [3.63, 3.8) is 0 Å². The Morgan fingerprint density at radius 2 is 1.94 bits per heavy atom. The molecule has 2 heterocycles. The minimum absolute atomic E-state index is 0. The van der Waals surface area contributed by atoms with E-state index < -0.39 is 0 Å². The highest BCUT2D eigenvalue weighted by molar-refractivity contribution is 14.0. The Hall–Kier alpha value is -2.55. The lowest BCUT2D eigenvalue weighted by Crippen LogP contribution is -2.39. The molecule has 3 aromatic rings. The van der Waals surface area contributed by atoms with Gasteiger partial charge >= 0.3 is 0 Å². The predicted molar refractivity (Wildman–Crippen MR) is 134 cm³/mol. The Kier molecular flexibility index (Phi) is 7.95. The summed E-state index contributed by atoms with van der Waals surface area (Å²) in [5, 5.41) is 3.39. The number of hydrogen-bond acceptors (Lipinski definition) is 4. The van der Waals surface area contributed by atoms with E-state index in [1.807, 2.05) is 19.2 Å². The van der Waals surface area contributed by atoms with Gasteiger partial charge in [0.1, 0.15) is 5.75 Å². The Morgan fingerprint density at radius 3 is 2.61 bits per heavy atom. The molecule has 1 saturated heterocycles. The Bertz CT molecular complexity index is 999. The molecule has 0 amide bonds. The van der Waals surface area contributed by atoms with Crippen molar-refractivity contribution < 1.29 is 9.15 Å². The summed E-state index contributed by atoms with van der Waals surface area (Å²) in [7, 11) is 3.51. The van der Waals surface area contributed by atoms with Gasteiger partial charge in [0.2, 0.25) is 5.89 Å². The number of aromatic nitrogens is 1. The normalized spacial score (nSPS) is 16.2. The van der Waals surface area contributed by atoms with Gasteiger partial charge in [-0.15, -0.1) is 24.0 Å². The highest BCUT2D eigenvalue weighted by Crippen LogP contribution is 2.28. The van der Waals surface area contributed by atoms with Gasteiger partial charge in [-0.1, -0.05) is 42.0 Å². The summed E-state index contributed by atoms with van der Waals surface area (Å²) in [6.45, 7) is 4.48. The number of likely N-dealkylation sites (tertiary alicyclic amines) is 1. The van der Waals surface area contributed by atoms with Gasteiger partial charge in [0.05, 0.1) is 19.9 Å². The van der Waals surface area contributed by atoms with Gasteiger partial charge in [-0.25, -0.2) is 4.98 Å². The molecule has 164 valence electrons. The first-order valence-electron chi connectivity index (χ1n) is 10.3. The minimum Gasteiger partial charge on any atom is -0.497 e. The Balaban J connectivity index is 0.00000272. The molecule has 1 unspecified atom stereocenters. The zero-order valence-corrected chi connectivity index (χ0v) is 20.5. The summed E-state index contributed by atoms with van der Waals surface area (Å²) in [5.41, 5.74) is 3.59. The monoisotopic (exact) mass is 532 g/mol. The van der Waals surface area contributed by atoms with Gasteiger partial charge in [0.15, 0.2) is 11.7 Å². The van der Waals surface area contributed by atoms with Crippen molar-refractivity contribution in [2.75, 3.05) is 27.2 Å². The number of guanidine groups is 1. The number of methoxy groups -OCH3 is 1. The summed E-state index contributed by atoms with van der Waals surface area (Å²) in [4.78, 5) is 11.2. The highest BCUT2D eigenvalue weighted by atomic mass is 127. The van der Waals surface area contributed by atoms with Crippen molar-refractivity contribution in [1.29, 1.82) is 0 Å². The van der Waals surface area contributed by atoms with Crippen LogP contribution in [0.3, 0.4) is 0 Å². The van der Waals surface area contributed by atoms with E-state index in [1.54, 1.807) is 13.3 Å². The molecule has 1 aliphatic rings. The number of rotatable bonds is 5. The summed E-state index contributed by atoms with van der Waals surface area (Å²) in [5.74, 6) is 3.69. The zero-order chi connectivity index (χ0) is 20.9. The molecule has 2 aromatic carbocycles. The number of ether oxygens (including phenoxy) is 1. The Labute approximate surface area is 200 Å². The van der Waals surface area contributed by atoms with Crippen molar-refractivity contribution in [3.05, 3.63) is 71.7 Å². The standard InChI is InChI=1S/C24H28N4O2.HI/c1-17-4-6-19(7-5-17)22-14-26-23(30-22)15-27-24(25-2)28-13-12-20(16-28)18-8-10-21(29-3)11-9-18;/h4-11,14,20H,12-13,15-16H2,1-3H3,(H,25,27);1H. The van der Waals surface area contributed by atoms with E-state index in [0.29, 0.717) is 18.4 Å². The molecule has 0 saturated carbocycles. The van der Waals surface area contributed by atoms with E-state index in [9.17, 15) is 0 Å². The van der Waals surface area contributed by atoms with Crippen LogP contribution >= 0.6 is 24.0 Å². The maximum Gasteiger partial charge on any atom is 0.214 e. The van der Waals surface area contributed by atoms with Gasteiger partial charge in [0, 0.05) is 31.6 Å². The van der Waals surface area contributed by atoms with Gasteiger partial charge in [0.25, 0.3) is 0 Å². The summed E-state index contributed by atoms with van der Waals surface area (Å²) in [6, 6.07) is 16.6. The first-order valence-corrected chi connectivity index (χ1v) is 10.3. The van der Waals surface area contributed by atoms with Crippen molar-refractivity contribution in [2.24, 2.45) is 4.99 Å².